The zero-order valence-electron chi connectivity index (χ0n) is 10.5. The van der Waals surface area contributed by atoms with Crippen LogP contribution in [0.2, 0.25) is 0 Å². The maximum atomic E-state index is 5.48. The molecule has 0 amide bonds. The van der Waals surface area contributed by atoms with E-state index < -0.39 is 0 Å². The second-order valence-electron chi connectivity index (χ2n) is 5.19. The molecule has 1 fully saturated rings. The Morgan fingerprint density at radius 2 is 2.07 bits per heavy atom. The first kappa shape index (κ1) is 12.9. The topological polar surface area (TPSA) is 30.5 Å². The molecule has 1 rings (SSSR count). The lowest BCUT2D eigenvalue weighted by Gasteiger charge is -2.39. The van der Waals surface area contributed by atoms with Crippen molar-refractivity contribution >= 4 is 0 Å². The highest BCUT2D eigenvalue weighted by molar-refractivity contribution is 4.85. The lowest BCUT2D eigenvalue weighted by Crippen LogP contribution is -2.51. The fourth-order valence-corrected chi connectivity index (χ4v) is 1.66. The van der Waals surface area contributed by atoms with Crippen molar-refractivity contribution < 1.29 is 9.47 Å². The summed E-state index contributed by atoms with van der Waals surface area (Å²) in [6.07, 6.45) is 0. The summed E-state index contributed by atoms with van der Waals surface area (Å²) < 4.78 is 10.7. The van der Waals surface area contributed by atoms with E-state index in [0.29, 0.717) is 17.4 Å². The van der Waals surface area contributed by atoms with Crippen LogP contribution < -0.4 is 5.32 Å². The molecule has 0 aromatic rings. The third kappa shape index (κ3) is 4.09. The van der Waals surface area contributed by atoms with E-state index in [2.05, 4.69) is 26.1 Å². The normalized spacial score (nSPS) is 21.4. The molecule has 1 atom stereocenters. The average Bonchev–Trinajstić information content (AvgIpc) is 2.14. The Labute approximate surface area is 93.5 Å². The molecule has 0 saturated carbocycles. The lowest BCUT2D eigenvalue weighted by atomic mass is 9.88. The Morgan fingerprint density at radius 1 is 1.40 bits per heavy atom. The van der Waals surface area contributed by atoms with Crippen LogP contribution >= 0.6 is 0 Å². The molecular weight excluding hydrogens is 190 g/mol. The fourth-order valence-electron chi connectivity index (χ4n) is 1.66. The molecule has 3 heteroatoms. The fraction of sp³-hybridized carbons (Fsp3) is 1.00. The van der Waals surface area contributed by atoms with Gasteiger partial charge in [0.1, 0.15) is 0 Å². The lowest BCUT2D eigenvalue weighted by molar-refractivity contribution is -0.101. The van der Waals surface area contributed by atoms with Crippen molar-refractivity contribution in [2.75, 3.05) is 33.0 Å². The van der Waals surface area contributed by atoms with Crippen molar-refractivity contribution in [2.45, 2.75) is 33.7 Å². The second kappa shape index (κ2) is 5.83. The number of nitrogens with one attached hydrogen (secondary N) is 1. The Morgan fingerprint density at radius 3 is 2.47 bits per heavy atom. The van der Waals surface area contributed by atoms with Crippen molar-refractivity contribution in [3.05, 3.63) is 0 Å². The largest absolute Gasteiger partial charge is 0.380 e. The quantitative estimate of drug-likeness (QED) is 0.701. The van der Waals surface area contributed by atoms with E-state index in [1.54, 1.807) is 0 Å². The van der Waals surface area contributed by atoms with E-state index in [1.165, 1.54) is 0 Å². The summed E-state index contributed by atoms with van der Waals surface area (Å²) in [5, 5.41) is 3.59. The highest BCUT2D eigenvalue weighted by atomic mass is 16.5. The predicted molar refractivity (Wildman–Crippen MR) is 62.0 cm³/mol. The van der Waals surface area contributed by atoms with Gasteiger partial charge in [-0.25, -0.2) is 0 Å². The summed E-state index contributed by atoms with van der Waals surface area (Å²) in [6.45, 7) is 13.2. The van der Waals surface area contributed by atoms with E-state index in [1.807, 2.05) is 6.92 Å². The van der Waals surface area contributed by atoms with Gasteiger partial charge in [-0.05, 0) is 12.8 Å². The minimum absolute atomic E-state index is 0.347. The van der Waals surface area contributed by atoms with Crippen LogP contribution in [-0.4, -0.2) is 39.0 Å². The zero-order valence-corrected chi connectivity index (χ0v) is 10.5. The number of rotatable bonds is 7. The standard InChI is InChI=1S/C12H25NO2/c1-5-14-6-11(10(2)3)13-7-12(4)8-15-9-12/h10-11,13H,5-9H2,1-4H3. The third-order valence-electron chi connectivity index (χ3n) is 3.00. The molecule has 15 heavy (non-hydrogen) atoms. The smallest absolute Gasteiger partial charge is 0.0621 e. The Hall–Kier alpha value is -0.120. The van der Waals surface area contributed by atoms with Gasteiger partial charge in [0.05, 0.1) is 19.8 Å². The second-order valence-corrected chi connectivity index (χ2v) is 5.19. The molecule has 1 heterocycles. The summed E-state index contributed by atoms with van der Waals surface area (Å²) in [5.41, 5.74) is 0.347. The first-order valence-corrected chi connectivity index (χ1v) is 5.96. The number of hydrogen-bond acceptors (Lipinski definition) is 3. The van der Waals surface area contributed by atoms with Crippen molar-refractivity contribution in [3.8, 4) is 0 Å². The van der Waals surface area contributed by atoms with Gasteiger partial charge in [-0.1, -0.05) is 20.8 Å². The van der Waals surface area contributed by atoms with Crippen molar-refractivity contribution in [3.63, 3.8) is 0 Å². The third-order valence-corrected chi connectivity index (χ3v) is 3.00. The minimum atomic E-state index is 0.347. The number of ether oxygens (including phenoxy) is 2. The Balaban J connectivity index is 2.24. The monoisotopic (exact) mass is 215 g/mol. The summed E-state index contributed by atoms with van der Waals surface area (Å²) in [7, 11) is 0. The first-order chi connectivity index (χ1) is 7.07. The van der Waals surface area contributed by atoms with E-state index in [9.17, 15) is 0 Å². The zero-order chi connectivity index (χ0) is 11.3. The van der Waals surface area contributed by atoms with Gasteiger partial charge >= 0.3 is 0 Å². The molecule has 1 aliphatic rings. The predicted octanol–water partition coefficient (Wildman–Crippen LogP) is 1.67. The molecular formula is C12H25NO2. The molecule has 0 spiro atoms. The van der Waals surface area contributed by atoms with Crippen molar-refractivity contribution in [1.29, 1.82) is 0 Å². The van der Waals surface area contributed by atoms with Gasteiger partial charge in [-0.3, -0.25) is 0 Å². The minimum Gasteiger partial charge on any atom is -0.380 e. The van der Waals surface area contributed by atoms with Crippen LogP contribution in [0.5, 0.6) is 0 Å². The molecule has 1 aliphatic heterocycles. The Kier molecular flexibility index (Phi) is 5.03. The van der Waals surface area contributed by atoms with Crippen LogP contribution in [0, 0.1) is 11.3 Å². The van der Waals surface area contributed by atoms with Gasteiger partial charge in [0, 0.05) is 24.6 Å². The SMILES string of the molecule is CCOCC(NCC1(C)COC1)C(C)C. The summed E-state index contributed by atoms with van der Waals surface area (Å²) in [4.78, 5) is 0. The summed E-state index contributed by atoms with van der Waals surface area (Å²) in [6, 6.07) is 0.461. The van der Waals surface area contributed by atoms with Crippen LogP contribution in [0.3, 0.4) is 0 Å². The van der Waals surface area contributed by atoms with Crippen LogP contribution in [0.4, 0.5) is 0 Å². The van der Waals surface area contributed by atoms with Gasteiger partial charge in [0.2, 0.25) is 0 Å². The van der Waals surface area contributed by atoms with Crippen LogP contribution in [0.25, 0.3) is 0 Å². The van der Waals surface area contributed by atoms with Crippen LogP contribution in [0.1, 0.15) is 27.7 Å². The van der Waals surface area contributed by atoms with Crippen LogP contribution in [-0.2, 0) is 9.47 Å². The first-order valence-electron chi connectivity index (χ1n) is 5.96. The summed E-state index contributed by atoms with van der Waals surface area (Å²) >= 11 is 0. The van der Waals surface area contributed by atoms with Gasteiger partial charge in [0.15, 0.2) is 0 Å². The van der Waals surface area contributed by atoms with Crippen LogP contribution in [0.15, 0.2) is 0 Å². The maximum Gasteiger partial charge on any atom is 0.0621 e. The molecule has 0 aromatic carbocycles. The molecule has 0 radical (unpaired) electrons. The summed E-state index contributed by atoms with van der Waals surface area (Å²) in [5.74, 6) is 0.612. The highest BCUT2D eigenvalue weighted by Crippen LogP contribution is 2.25. The van der Waals surface area contributed by atoms with Crippen molar-refractivity contribution in [2.24, 2.45) is 11.3 Å². The van der Waals surface area contributed by atoms with Crippen molar-refractivity contribution in [1.82, 2.24) is 5.32 Å². The van der Waals surface area contributed by atoms with E-state index in [0.717, 1.165) is 33.0 Å². The molecule has 0 aromatic heterocycles. The Bertz CT molecular complexity index is 178. The highest BCUT2D eigenvalue weighted by Gasteiger charge is 2.33. The van der Waals surface area contributed by atoms with Gasteiger partial charge < -0.3 is 14.8 Å². The molecule has 3 nitrogen and oxygen atoms in total. The molecule has 90 valence electrons. The van der Waals surface area contributed by atoms with Gasteiger partial charge in [0.25, 0.3) is 0 Å². The molecule has 1 N–H and O–H groups in total. The number of hydrogen-bond donors (Lipinski definition) is 1. The van der Waals surface area contributed by atoms with E-state index in [-0.39, 0.29) is 0 Å². The van der Waals surface area contributed by atoms with E-state index in [4.69, 9.17) is 9.47 Å². The van der Waals surface area contributed by atoms with Gasteiger partial charge in [-0.15, -0.1) is 0 Å². The van der Waals surface area contributed by atoms with E-state index >= 15 is 0 Å². The average molecular weight is 215 g/mol. The van der Waals surface area contributed by atoms with Gasteiger partial charge in [-0.2, -0.15) is 0 Å². The maximum absolute atomic E-state index is 5.48. The molecule has 1 saturated heterocycles. The molecule has 1 unspecified atom stereocenters. The molecule has 0 aliphatic carbocycles. The molecule has 0 bridgehead atoms.